The highest BCUT2D eigenvalue weighted by Crippen LogP contribution is 2.25. The maximum absolute atomic E-state index is 11.4. The third-order valence-electron chi connectivity index (χ3n) is 4.52. The zero-order valence-corrected chi connectivity index (χ0v) is 13.8. The molecule has 0 atom stereocenters. The molecule has 0 aliphatic carbocycles. The quantitative estimate of drug-likeness (QED) is 0.800. The summed E-state index contributed by atoms with van der Waals surface area (Å²) in [4.78, 5) is 18.4. The third kappa shape index (κ3) is 3.19. The number of anilines is 1. The van der Waals surface area contributed by atoms with Crippen LogP contribution in [0.2, 0.25) is 0 Å². The van der Waals surface area contributed by atoms with Gasteiger partial charge in [-0.15, -0.1) is 0 Å². The van der Waals surface area contributed by atoms with E-state index in [-0.39, 0.29) is 0 Å². The fourth-order valence-corrected chi connectivity index (χ4v) is 3.10. The highest BCUT2D eigenvalue weighted by atomic mass is 16.5. The Morgan fingerprint density at radius 1 is 1.00 bits per heavy atom. The molecule has 1 fully saturated rings. The van der Waals surface area contributed by atoms with Crippen LogP contribution in [0.3, 0.4) is 0 Å². The minimum atomic E-state index is -0.441. The SMILES string of the molecule is NC(=O)c1ccc2ccc(-c3ccc(N4CCOCC4)cc3)nc2c1. The van der Waals surface area contributed by atoms with E-state index in [4.69, 9.17) is 10.5 Å². The van der Waals surface area contributed by atoms with Gasteiger partial charge in [0.15, 0.2) is 0 Å². The van der Waals surface area contributed by atoms with Crippen molar-refractivity contribution < 1.29 is 9.53 Å². The molecule has 1 aliphatic heterocycles. The number of ether oxygens (including phenoxy) is 1. The molecule has 0 unspecified atom stereocenters. The number of primary amides is 1. The minimum Gasteiger partial charge on any atom is -0.378 e. The van der Waals surface area contributed by atoms with Gasteiger partial charge in [-0.25, -0.2) is 4.98 Å². The molecule has 0 radical (unpaired) electrons. The van der Waals surface area contributed by atoms with Gasteiger partial charge in [0.25, 0.3) is 0 Å². The Bertz CT molecular complexity index is 916. The Labute approximate surface area is 146 Å². The molecule has 25 heavy (non-hydrogen) atoms. The highest BCUT2D eigenvalue weighted by molar-refractivity contribution is 5.97. The fraction of sp³-hybridized carbons (Fsp3) is 0.200. The molecule has 1 saturated heterocycles. The van der Waals surface area contributed by atoms with Gasteiger partial charge in [-0.2, -0.15) is 0 Å². The first-order valence-electron chi connectivity index (χ1n) is 8.34. The van der Waals surface area contributed by atoms with Crippen molar-refractivity contribution in [2.24, 2.45) is 5.73 Å². The number of morpholine rings is 1. The summed E-state index contributed by atoms with van der Waals surface area (Å²) >= 11 is 0. The molecule has 2 N–H and O–H groups in total. The lowest BCUT2D eigenvalue weighted by atomic mass is 10.1. The highest BCUT2D eigenvalue weighted by Gasteiger charge is 2.11. The van der Waals surface area contributed by atoms with Gasteiger partial charge >= 0.3 is 0 Å². The number of hydrogen-bond acceptors (Lipinski definition) is 4. The van der Waals surface area contributed by atoms with Crippen LogP contribution in [0.5, 0.6) is 0 Å². The molecule has 0 bridgehead atoms. The lowest BCUT2D eigenvalue weighted by molar-refractivity contribution is 0.100. The molecule has 2 heterocycles. The number of carbonyl (C=O) groups is 1. The standard InChI is InChI=1S/C20H19N3O2/c21-20(24)16-2-1-15-5-8-18(22-19(15)13-16)14-3-6-17(7-4-14)23-9-11-25-12-10-23/h1-8,13H,9-12H2,(H2,21,24). The zero-order valence-electron chi connectivity index (χ0n) is 13.8. The molecule has 5 nitrogen and oxygen atoms in total. The number of amides is 1. The Balaban J connectivity index is 1.65. The van der Waals surface area contributed by atoms with Crippen molar-refractivity contribution >= 4 is 22.5 Å². The van der Waals surface area contributed by atoms with Gasteiger partial charge in [-0.3, -0.25) is 4.79 Å². The van der Waals surface area contributed by atoms with Crippen LogP contribution in [-0.4, -0.2) is 37.2 Å². The molecule has 1 amide bonds. The van der Waals surface area contributed by atoms with Crippen LogP contribution in [0.15, 0.2) is 54.6 Å². The molecular formula is C20H19N3O2. The number of pyridine rings is 1. The van der Waals surface area contributed by atoms with Gasteiger partial charge in [-0.1, -0.05) is 24.3 Å². The Morgan fingerprint density at radius 2 is 1.72 bits per heavy atom. The van der Waals surface area contributed by atoms with E-state index in [9.17, 15) is 4.79 Å². The summed E-state index contributed by atoms with van der Waals surface area (Å²) in [7, 11) is 0. The van der Waals surface area contributed by atoms with Crippen LogP contribution in [0.1, 0.15) is 10.4 Å². The average Bonchev–Trinajstić information content (AvgIpc) is 2.68. The van der Waals surface area contributed by atoms with Crippen LogP contribution in [0.25, 0.3) is 22.2 Å². The van der Waals surface area contributed by atoms with Crippen molar-refractivity contribution in [3.8, 4) is 11.3 Å². The predicted octanol–water partition coefficient (Wildman–Crippen LogP) is 2.84. The number of hydrogen-bond donors (Lipinski definition) is 1. The van der Waals surface area contributed by atoms with Gasteiger partial charge in [-0.05, 0) is 30.3 Å². The summed E-state index contributed by atoms with van der Waals surface area (Å²) in [5, 5.41) is 0.985. The van der Waals surface area contributed by atoms with Gasteiger partial charge in [0.05, 0.1) is 24.4 Å². The first-order valence-corrected chi connectivity index (χ1v) is 8.34. The predicted molar refractivity (Wildman–Crippen MR) is 98.7 cm³/mol. The van der Waals surface area contributed by atoms with E-state index in [1.807, 2.05) is 18.2 Å². The van der Waals surface area contributed by atoms with Gasteiger partial charge in [0, 0.05) is 35.3 Å². The van der Waals surface area contributed by atoms with Crippen molar-refractivity contribution in [3.05, 3.63) is 60.2 Å². The van der Waals surface area contributed by atoms with Crippen LogP contribution < -0.4 is 10.6 Å². The molecule has 5 heteroatoms. The molecule has 0 saturated carbocycles. The summed E-state index contributed by atoms with van der Waals surface area (Å²) in [6.45, 7) is 3.39. The normalized spacial score (nSPS) is 14.6. The molecule has 1 aromatic heterocycles. The number of benzene rings is 2. The summed E-state index contributed by atoms with van der Waals surface area (Å²) in [6, 6.07) is 17.7. The summed E-state index contributed by atoms with van der Waals surface area (Å²) in [6.07, 6.45) is 0. The molecule has 2 aromatic carbocycles. The van der Waals surface area contributed by atoms with Gasteiger partial charge < -0.3 is 15.4 Å². The second-order valence-corrected chi connectivity index (χ2v) is 6.11. The van der Waals surface area contributed by atoms with E-state index in [0.717, 1.165) is 48.5 Å². The van der Waals surface area contributed by atoms with Gasteiger partial charge in [0.1, 0.15) is 0 Å². The molecule has 0 spiro atoms. The number of aromatic nitrogens is 1. The van der Waals surface area contributed by atoms with Crippen LogP contribution >= 0.6 is 0 Å². The van der Waals surface area contributed by atoms with E-state index >= 15 is 0 Å². The molecular weight excluding hydrogens is 314 g/mol. The van der Waals surface area contributed by atoms with Crippen molar-refractivity contribution in [2.45, 2.75) is 0 Å². The van der Waals surface area contributed by atoms with E-state index in [0.29, 0.717) is 5.56 Å². The van der Waals surface area contributed by atoms with E-state index < -0.39 is 5.91 Å². The Kier molecular flexibility index (Phi) is 4.07. The van der Waals surface area contributed by atoms with E-state index in [2.05, 4.69) is 34.1 Å². The maximum atomic E-state index is 11.4. The van der Waals surface area contributed by atoms with Crippen LogP contribution in [0.4, 0.5) is 5.69 Å². The van der Waals surface area contributed by atoms with Crippen molar-refractivity contribution in [1.29, 1.82) is 0 Å². The smallest absolute Gasteiger partial charge is 0.248 e. The lowest BCUT2D eigenvalue weighted by Gasteiger charge is -2.28. The van der Waals surface area contributed by atoms with E-state index in [1.165, 1.54) is 5.69 Å². The van der Waals surface area contributed by atoms with Gasteiger partial charge in [0.2, 0.25) is 5.91 Å². The second-order valence-electron chi connectivity index (χ2n) is 6.11. The molecule has 3 aromatic rings. The van der Waals surface area contributed by atoms with Crippen LogP contribution in [0, 0.1) is 0 Å². The Hall–Kier alpha value is -2.92. The summed E-state index contributed by atoms with van der Waals surface area (Å²) in [5.41, 5.74) is 9.72. The average molecular weight is 333 g/mol. The maximum Gasteiger partial charge on any atom is 0.248 e. The number of nitrogens with two attached hydrogens (primary N) is 1. The van der Waals surface area contributed by atoms with Crippen molar-refractivity contribution in [1.82, 2.24) is 4.98 Å². The molecule has 126 valence electrons. The minimum absolute atomic E-state index is 0.441. The van der Waals surface area contributed by atoms with Crippen LogP contribution in [-0.2, 0) is 4.74 Å². The summed E-state index contributed by atoms with van der Waals surface area (Å²) in [5.74, 6) is -0.441. The fourth-order valence-electron chi connectivity index (χ4n) is 3.10. The zero-order chi connectivity index (χ0) is 17.2. The topological polar surface area (TPSA) is 68.5 Å². The third-order valence-corrected chi connectivity index (χ3v) is 4.52. The largest absolute Gasteiger partial charge is 0.378 e. The monoisotopic (exact) mass is 333 g/mol. The number of carbonyl (C=O) groups excluding carboxylic acids is 1. The first kappa shape index (κ1) is 15.6. The van der Waals surface area contributed by atoms with E-state index in [1.54, 1.807) is 12.1 Å². The second kappa shape index (κ2) is 6.53. The number of fused-ring (bicyclic) bond motifs is 1. The molecule has 4 rings (SSSR count). The van der Waals surface area contributed by atoms with Crippen molar-refractivity contribution in [3.63, 3.8) is 0 Å². The summed E-state index contributed by atoms with van der Waals surface area (Å²) < 4.78 is 5.40. The molecule has 1 aliphatic rings. The first-order chi connectivity index (χ1) is 12.2. The Morgan fingerprint density at radius 3 is 2.44 bits per heavy atom. The lowest BCUT2D eigenvalue weighted by Crippen LogP contribution is -2.36. The van der Waals surface area contributed by atoms with Crippen molar-refractivity contribution in [2.75, 3.05) is 31.2 Å². The number of nitrogens with zero attached hydrogens (tertiary/aromatic N) is 2. The number of rotatable bonds is 3.